The van der Waals surface area contributed by atoms with E-state index in [1.54, 1.807) is 32.7 Å². The number of nitrogens with one attached hydrogen (secondary N) is 1. The van der Waals surface area contributed by atoms with Gasteiger partial charge in [-0.05, 0) is 49.6 Å². The van der Waals surface area contributed by atoms with E-state index < -0.39 is 10.0 Å². The van der Waals surface area contributed by atoms with E-state index >= 15 is 0 Å². The van der Waals surface area contributed by atoms with Gasteiger partial charge in [0.05, 0.1) is 23.1 Å². The Morgan fingerprint density at radius 1 is 1.24 bits per heavy atom. The molecular weight excluding hydrogens is 458 g/mol. The summed E-state index contributed by atoms with van der Waals surface area (Å²) in [5, 5.41) is 18.0. The Labute approximate surface area is 199 Å². The van der Waals surface area contributed by atoms with Crippen molar-refractivity contribution in [3.63, 3.8) is 0 Å². The van der Waals surface area contributed by atoms with Crippen molar-refractivity contribution in [2.24, 2.45) is 7.05 Å². The van der Waals surface area contributed by atoms with Crippen molar-refractivity contribution in [2.75, 3.05) is 25.5 Å². The minimum atomic E-state index is -3.73. The average molecular weight is 490 g/mol. The summed E-state index contributed by atoms with van der Waals surface area (Å²) in [6.45, 7) is 7.97. The molecule has 0 fully saturated rings. The molecule has 0 aliphatic carbocycles. The van der Waals surface area contributed by atoms with Crippen molar-refractivity contribution >= 4 is 32.7 Å². The van der Waals surface area contributed by atoms with Crippen LogP contribution in [0.1, 0.15) is 37.1 Å². The number of carbonyl (C=O) groups is 1. The van der Waals surface area contributed by atoms with Crippen LogP contribution in [0.5, 0.6) is 11.6 Å². The van der Waals surface area contributed by atoms with Gasteiger partial charge in [0.15, 0.2) is 5.65 Å². The molecule has 0 spiro atoms. The molecule has 2 aromatic heterocycles. The number of fused-ring (bicyclic) bond motifs is 1. The molecule has 1 aromatic carbocycles. The smallest absolute Gasteiger partial charge is 0.243 e. The van der Waals surface area contributed by atoms with Crippen LogP contribution in [0.25, 0.3) is 11.0 Å². The van der Waals surface area contributed by atoms with E-state index in [1.807, 2.05) is 13.8 Å². The van der Waals surface area contributed by atoms with Gasteiger partial charge in [0.25, 0.3) is 0 Å². The van der Waals surface area contributed by atoms with Crippen LogP contribution in [0, 0.1) is 13.8 Å². The van der Waals surface area contributed by atoms with Gasteiger partial charge in [-0.25, -0.2) is 18.1 Å². The highest BCUT2D eigenvalue weighted by atomic mass is 32.2. The fourth-order valence-corrected chi connectivity index (χ4v) is 5.53. The minimum Gasteiger partial charge on any atom is -0.506 e. The highest BCUT2D eigenvalue weighted by molar-refractivity contribution is 7.89. The number of rotatable bonds is 9. The van der Waals surface area contributed by atoms with Crippen molar-refractivity contribution in [1.29, 1.82) is 0 Å². The monoisotopic (exact) mass is 489 g/mol. The quantitative estimate of drug-likeness (QED) is 0.443. The summed E-state index contributed by atoms with van der Waals surface area (Å²) < 4.78 is 33.9. The Balaban J connectivity index is 1.82. The maximum atomic E-state index is 12.8. The first-order valence-electron chi connectivity index (χ1n) is 11.0. The third kappa shape index (κ3) is 4.71. The van der Waals surface area contributed by atoms with Crippen molar-refractivity contribution in [1.82, 2.24) is 19.1 Å². The van der Waals surface area contributed by atoms with Crippen molar-refractivity contribution in [2.45, 2.75) is 45.4 Å². The predicted molar refractivity (Wildman–Crippen MR) is 130 cm³/mol. The number of hydrogen-bond donors (Lipinski definition) is 2. The van der Waals surface area contributed by atoms with E-state index in [0.717, 1.165) is 22.2 Å². The lowest BCUT2D eigenvalue weighted by molar-refractivity contribution is -0.116. The van der Waals surface area contributed by atoms with Crippen molar-refractivity contribution in [3.8, 4) is 11.6 Å². The predicted octanol–water partition coefficient (Wildman–Crippen LogP) is 2.90. The lowest BCUT2D eigenvalue weighted by Gasteiger charge is -2.19. The summed E-state index contributed by atoms with van der Waals surface area (Å²) in [7, 11) is -0.378. The topological polar surface area (TPSA) is 127 Å². The van der Waals surface area contributed by atoms with Gasteiger partial charge in [-0.1, -0.05) is 13.8 Å². The van der Waals surface area contributed by atoms with Gasteiger partial charge in [0.1, 0.15) is 5.75 Å². The van der Waals surface area contributed by atoms with E-state index in [9.17, 15) is 18.3 Å². The third-order valence-electron chi connectivity index (χ3n) is 5.90. The maximum Gasteiger partial charge on any atom is 0.243 e. The second kappa shape index (κ2) is 9.98. The summed E-state index contributed by atoms with van der Waals surface area (Å²) >= 11 is 0. The van der Waals surface area contributed by atoms with Crippen LogP contribution < -0.4 is 10.1 Å². The first kappa shape index (κ1) is 25.4. The largest absolute Gasteiger partial charge is 0.506 e. The van der Waals surface area contributed by atoms with Gasteiger partial charge in [0, 0.05) is 32.3 Å². The number of anilines is 1. The maximum absolute atomic E-state index is 12.8. The molecule has 0 aliphatic rings. The number of aromatic hydroxyl groups is 1. The SMILES string of the molecule is CCN(CC)S(=O)(=O)c1ccc(O)c(NC(=O)CCc2c(C)nc3c(c(OC)nn3C)c2C)c1. The highest BCUT2D eigenvalue weighted by Gasteiger charge is 2.23. The Bertz CT molecular complexity index is 1330. The molecule has 1 amide bonds. The van der Waals surface area contributed by atoms with Crippen LogP contribution >= 0.6 is 0 Å². The van der Waals surface area contributed by atoms with E-state index in [-0.39, 0.29) is 28.7 Å². The van der Waals surface area contributed by atoms with Crippen molar-refractivity contribution < 1.29 is 23.1 Å². The Hall–Kier alpha value is -3.18. The molecule has 0 saturated heterocycles. The van der Waals surface area contributed by atoms with Gasteiger partial charge in [-0.3, -0.25) is 4.79 Å². The first-order valence-corrected chi connectivity index (χ1v) is 12.5. The van der Waals surface area contributed by atoms with E-state index in [4.69, 9.17) is 4.74 Å². The first-order chi connectivity index (χ1) is 16.0. The number of ether oxygens (including phenoxy) is 1. The molecule has 0 aliphatic heterocycles. The van der Waals surface area contributed by atoms with Crippen LogP contribution in [0.2, 0.25) is 0 Å². The number of methoxy groups -OCH3 is 1. The zero-order chi connectivity index (χ0) is 25.2. The van der Waals surface area contributed by atoms with Gasteiger partial charge in [-0.2, -0.15) is 4.31 Å². The molecule has 0 atom stereocenters. The summed E-state index contributed by atoms with van der Waals surface area (Å²) in [4.78, 5) is 17.4. The Morgan fingerprint density at radius 3 is 2.53 bits per heavy atom. The molecule has 0 radical (unpaired) electrons. The molecule has 11 heteroatoms. The molecule has 10 nitrogen and oxygen atoms in total. The summed E-state index contributed by atoms with van der Waals surface area (Å²) in [6, 6.07) is 3.88. The number of aryl methyl sites for hydroxylation is 3. The van der Waals surface area contributed by atoms with Gasteiger partial charge in [-0.15, -0.1) is 5.10 Å². The van der Waals surface area contributed by atoms with Crippen molar-refractivity contribution in [3.05, 3.63) is 35.0 Å². The van der Waals surface area contributed by atoms with Gasteiger partial charge in [0.2, 0.25) is 21.8 Å². The third-order valence-corrected chi connectivity index (χ3v) is 7.95. The molecule has 0 bridgehead atoms. The summed E-state index contributed by atoms with van der Waals surface area (Å²) in [5.41, 5.74) is 3.40. The number of pyridine rings is 1. The molecule has 34 heavy (non-hydrogen) atoms. The summed E-state index contributed by atoms with van der Waals surface area (Å²) in [5.74, 6) is -0.0866. The van der Waals surface area contributed by atoms with Crippen LogP contribution in [0.15, 0.2) is 23.1 Å². The van der Waals surface area contributed by atoms with Crippen LogP contribution in [-0.2, 0) is 28.3 Å². The van der Waals surface area contributed by atoms with E-state index in [2.05, 4.69) is 15.4 Å². The van der Waals surface area contributed by atoms with Crippen LogP contribution in [-0.4, -0.2) is 58.7 Å². The number of nitrogens with zero attached hydrogens (tertiary/aromatic N) is 4. The van der Waals surface area contributed by atoms with E-state index in [0.29, 0.717) is 31.0 Å². The average Bonchev–Trinajstić information content (AvgIpc) is 3.11. The lowest BCUT2D eigenvalue weighted by Crippen LogP contribution is -2.30. The standard InChI is InChI=1S/C23H31N5O5S/c1-7-28(8-2)34(31,32)16-9-11-19(29)18(13-16)25-20(30)12-10-17-14(3)21-22(24-15(17)4)27(5)26-23(21)33-6/h9,11,13,29H,7-8,10,12H2,1-6H3,(H,25,30). The highest BCUT2D eigenvalue weighted by Crippen LogP contribution is 2.31. The zero-order valence-electron chi connectivity index (χ0n) is 20.3. The number of amides is 1. The molecule has 3 aromatic rings. The van der Waals surface area contributed by atoms with Crippen LogP contribution in [0.4, 0.5) is 5.69 Å². The minimum absolute atomic E-state index is 0.00862. The number of phenols is 1. The fourth-order valence-electron chi connectivity index (χ4n) is 4.05. The molecule has 2 N–H and O–H groups in total. The Morgan fingerprint density at radius 2 is 1.91 bits per heavy atom. The summed E-state index contributed by atoms with van der Waals surface area (Å²) in [6.07, 6.45) is 0.520. The normalized spacial score (nSPS) is 11.9. The fraction of sp³-hybridized carbons (Fsp3) is 0.435. The molecule has 184 valence electrons. The molecule has 0 saturated carbocycles. The molecule has 2 heterocycles. The molecule has 3 rings (SSSR count). The molecule has 0 unspecified atom stereocenters. The molecular formula is C23H31N5O5S. The van der Waals surface area contributed by atoms with E-state index in [1.165, 1.54) is 22.5 Å². The number of phenolic OH excluding ortho intramolecular Hbond substituents is 1. The van der Waals surface area contributed by atoms with Gasteiger partial charge >= 0.3 is 0 Å². The number of aromatic nitrogens is 3. The number of benzene rings is 1. The number of sulfonamides is 1. The second-order valence-electron chi connectivity index (χ2n) is 7.95. The van der Waals surface area contributed by atoms with Gasteiger partial charge < -0.3 is 15.2 Å². The second-order valence-corrected chi connectivity index (χ2v) is 9.89. The lowest BCUT2D eigenvalue weighted by atomic mass is 10.00. The number of carbonyl (C=O) groups excluding carboxylic acids is 1. The zero-order valence-corrected chi connectivity index (χ0v) is 21.2. The Kier molecular flexibility index (Phi) is 7.47. The number of hydrogen-bond acceptors (Lipinski definition) is 7. The van der Waals surface area contributed by atoms with Crippen LogP contribution in [0.3, 0.4) is 0 Å².